The summed E-state index contributed by atoms with van der Waals surface area (Å²) in [5.74, 6) is -1.03. The van der Waals surface area contributed by atoms with E-state index in [1.165, 1.54) is 70.6 Å². The fraction of sp³-hybridized carbons (Fsp3) is 0.955. The topological polar surface area (TPSA) is 57.5 Å². The molecule has 0 bridgehead atoms. The van der Waals surface area contributed by atoms with Gasteiger partial charge >= 0.3 is 5.97 Å². The van der Waals surface area contributed by atoms with Crippen molar-refractivity contribution >= 4 is 5.97 Å². The fourth-order valence-corrected chi connectivity index (χ4v) is 3.44. The molecular formula is C22H44O3. The molecule has 0 heterocycles. The molecule has 2 N–H and O–H groups in total. The zero-order valence-electron chi connectivity index (χ0n) is 17.0. The Bertz CT molecular complexity index is 304. The Balaban J connectivity index is 3.68. The van der Waals surface area contributed by atoms with Crippen LogP contribution >= 0.6 is 0 Å². The molecule has 0 amide bonds. The van der Waals surface area contributed by atoms with Crippen molar-refractivity contribution in [3.05, 3.63) is 0 Å². The van der Waals surface area contributed by atoms with Crippen molar-refractivity contribution in [2.75, 3.05) is 0 Å². The van der Waals surface area contributed by atoms with Crippen molar-refractivity contribution in [1.29, 1.82) is 0 Å². The van der Waals surface area contributed by atoms with Gasteiger partial charge in [-0.25, -0.2) is 4.79 Å². The molecule has 0 fully saturated rings. The predicted molar refractivity (Wildman–Crippen MR) is 107 cm³/mol. The molecule has 25 heavy (non-hydrogen) atoms. The van der Waals surface area contributed by atoms with Crippen LogP contribution in [0.1, 0.15) is 129 Å². The van der Waals surface area contributed by atoms with Gasteiger partial charge in [-0.15, -0.1) is 0 Å². The van der Waals surface area contributed by atoms with Gasteiger partial charge in [-0.2, -0.15) is 0 Å². The summed E-state index contributed by atoms with van der Waals surface area (Å²) in [4.78, 5) is 11.4. The number of rotatable bonds is 19. The molecule has 0 aromatic carbocycles. The Morgan fingerprint density at radius 1 is 0.600 bits per heavy atom. The lowest BCUT2D eigenvalue weighted by atomic mass is 9.89. The van der Waals surface area contributed by atoms with E-state index in [-0.39, 0.29) is 0 Å². The Kier molecular flexibility index (Phi) is 16.5. The first-order valence-corrected chi connectivity index (χ1v) is 11.0. The fourth-order valence-electron chi connectivity index (χ4n) is 3.44. The molecule has 0 aliphatic rings. The summed E-state index contributed by atoms with van der Waals surface area (Å²) in [6, 6.07) is 0. The van der Waals surface area contributed by atoms with Crippen LogP contribution in [-0.4, -0.2) is 21.8 Å². The van der Waals surface area contributed by atoms with Crippen molar-refractivity contribution in [3.8, 4) is 0 Å². The quantitative estimate of drug-likeness (QED) is 0.248. The Morgan fingerprint density at radius 3 is 1.16 bits per heavy atom. The first kappa shape index (κ1) is 24.4. The molecule has 0 saturated carbocycles. The van der Waals surface area contributed by atoms with Crippen LogP contribution in [0.25, 0.3) is 0 Å². The van der Waals surface area contributed by atoms with Crippen molar-refractivity contribution in [2.45, 2.75) is 135 Å². The highest BCUT2D eigenvalue weighted by Crippen LogP contribution is 2.24. The van der Waals surface area contributed by atoms with E-state index in [1.807, 2.05) is 0 Å². The number of carbonyl (C=O) groups is 1. The second-order valence-corrected chi connectivity index (χ2v) is 7.79. The molecule has 0 aromatic heterocycles. The largest absolute Gasteiger partial charge is 0.479 e. The average Bonchev–Trinajstić information content (AvgIpc) is 2.59. The number of hydrogen-bond acceptors (Lipinski definition) is 2. The third kappa shape index (κ3) is 14.3. The van der Waals surface area contributed by atoms with Gasteiger partial charge in [0.15, 0.2) is 5.60 Å². The van der Waals surface area contributed by atoms with Gasteiger partial charge in [0.25, 0.3) is 0 Å². The zero-order valence-corrected chi connectivity index (χ0v) is 17.0. The first-order valence-electron chi connectivity index (χ1n) is 11.0. The molecule has 0 saturated heterocycles. The van der Waals surface area contributed by atoms with Gasteiger partial charge in [0.05, 0.1) is 0 Å². The number of aliphatic hydroxyl groups is 1. The van der Waals surface area contributed by atoms with Crippen molar-refractivity contribution in [3.63, 3.8) is 0 Å². The van der Waals surface area contributed by atoms with E-state index in [4.69, 9.17) is 0 Å². The maximum atomic E-state index is 11.4. The lowest BCUT2D eigenvalue weighted by molar-refractivity contribution is -0.160. The van der Waals surface area contributed by atoms with Crippen molar-refractivity contribution in [1.82, 2.24) is 0 Å². The number of unbranched alkanes of at least 4 members (excludes halogenated alkanes) is 14. The molecule has 0 aliphatic heterocycles. The van der Waals surface area contributed by atoms with Gasteiger partial charge < -0.3 is 10.2 Å². The summed E-state index contributed by atoms with van der Waals surface area (Å²) in [6.45, 7) is 4.43. The lowest BCUT2D eigenvalue weighted by Crippen LogP contribution is -2.38. The van der Waals surface area contributed by atoms with Crippen LogP contribution in [0.4, 0.5) is 0 Å². The van der Waals surface area contributed by atoms with Crippen LogP contribution in [0.5, 0.6) is 0 Å². The van der Waals surface area contributed by atoms with Crippen LogP contribution in [0.15, 0.2) is 0 Å². The lowest BCUT2D eigenvalue weighted by Gasteiger charge is -2.23. The summed E-state index contributed by atoms with van der Waals surface area (Å²) in [5, 5.41) is 19.8. The summed E-state index contributed by atoms with van der Waals surface area (Å²) >= 11 is 0. The molecule has 1 atom stereocenters. The first-order chi connectivity index (χ1) is 12.1. The summed E-state index contributed by atoms with van der Waals surface area (Å²) in [7, 11) is 0. The minimum Gasteiger partial charge on any atom is -0.479 e. The average molecular weight is 357 g/mol. The minimum atomic E-state index is -1.50. The molecule has 1 unspecified atom stereocenters. The summed E-state index contributed by atoms with van der Waals surface area (Å²) in [6.07, 6.45) is 19.8. The number of hydrogen-bond donors (Lipinski definition) is 2. The molecule has 0 radical (unpaired) electrons. The number of carboxylic acids is 1. The van der Waals surface area contributed by atoms with Gasteiger partial charge in [-0.3, -0.25) is 0 Å². The third-order valence-electron chi connectivity index (χ3n) is 5.29. The maximum Gasteiger partial charge on any atom is 0.335 e. The molecule has 0 aliphatic carbocycles. The molecule has 0 aromatic rings. The molecule has 3 nitrogen and oxygen atoms in total. The van der Waals surface area contributed by atoms with E-state index in [0.29, 0.717) is 12.8 Å². The predicted octanol–water partition coefficient (Wildman–Crippen LogP) is 6.86. The SMILES string of the molecule is CCCCCCCCCCCCC(O)(CCCCCCCC)C(=O)O. The summed E-state index contributed by atoms with van der Waals surface area (Å²) < 4.78 is 0. The van der Waals surface area contributed by atoms with E-state index in [2.05, 4.69) is 13.8 Å². The van der Waals surface area contributed by atoms with E-state index in [9.17, 15) is 15.0 Å². The maximum absolute atomic E-state index is 11.4. The summed E-state index contributed by atoms with van der Waals surface area (Å²) in [5.41, 5.74) is -1.50. The molecule has 150 valence electrons. The standard InChI is InChI=1S/C22H44O3/c1-3-5-7-9-11-12-13-14-16-18-20-22(25,21(23)24)19-17-15-10-8-6-4-2/h25H,3-20H2,1-2H3,(H,23,24). The molecule has 0 spiro atoms. The minimum absolute atomic E-state index is 0.409. The second kappa shape index (κ2) is 16.9. The normalized spacial score (nSPS) is 13.7. The number of aliphatic carboxylic acids is 1. The van der Waals surface area contributed by atoms with E-state index in [1.54, 1.807) is 0 Å². The van der Waals surface area contributed by atoms with Crippen molar-refractivity contribution < 1.29 is 15.0 Å². The zero-order chi connectivity index (χ0) is 18.8. The third-order valence-corrected chi connectivity index (χ3v) is 5.29. The van der Waals surface area contributed by atoms with Gasteiger partial charge in [-0.1, -0.05) is 104 Å². The van der Waals surface area contributed by atoms with E-state index in [0.717, 1.165) is 32.1 Å². The van der Waals surface area contributed by atoms with Gasteiger partial charge in [0.1, 0.15) is 0 Å². The monoisotopic (exact) mass is 356 g/mol. The Hall–Kier alpha value is -0.570. The molecule has 0 rings (SSSR count). The highest BCUT2D eigenvalue weighted by Gasteiger charge is 2.34. The van der Waals surface area contributed by atoms with Crippen LogP contribution in [0.3, 0.4) is 0 Å². The van der Waals surface area contributed by atoms with Crippen LogP contribution in [0.2, 0.25) is 0 Å². The second-order valence-electron chi connectivity index (χ2n) is 7.79. The van der Waals surface area contributed by atoms with Crippen LogP contribution < -0.4 is 0 Å². The van der Waals surface area contributed by atoms with Crippen molar-refractivity contribution in [2.24, 2.45) is 0 Å². The van der Waals surface area contributed by atoms with Gasteiger partial charge in [0, 0.05) is 0 Å². The van der Waals surface area contributed by atoms with Crippen LogP contribution in [-0.2, 0) is 4.79 Å². The highest BCUT2D eigenvalue weighted by molar-refractivity contribution is 5.76. The highest BCUT2D eigenvalue weighted by atomic mass is 16.4. The van der Waals surface area contributed by atoms with Gasteiger partial charge in [0.2, 0.25) is 0 Å². The van der Waals surface area contributed by atoms with E-state index >= 15 is 0 Å². The Morgan fingerprint density at radius 2 is 0.880 bits per heavy atom. The Labute approximate surface area is 156 Å². The van der Waals surface area contributed by atoms with Crippen LogP contribution in [0, 0.1) is 0 Å². The smallest absolute Gasteiger partial charge is 0.335 e. The molecule has 3 heteroatoms. The van der Waals surface area contributed by atoms with Gasteiger partial charge in [-0.05, 0) is 25.7 Å². The molecular weight excluding hydrogens is 312 g/mol. The number of carboxylic acid groups (broad SMARTS) is 1. The van der Waals surface area contributed by atoms with E-state index < -0.39 is 11.6 Å².